The summed E-state index contributed by atoms with van der Waals surface area (Å²) in [4.78, 5) is 25.0. The lowest BCUT2D eigenvalue weighted by Gasteiger charge is -2.30. The number of nitrogens with zero attached hydrogens (tertiary/aromatic N) is 3. The fourth-order valence-electron chi connectivity index (χ4n) is 4.15. The normalized spacial score (nSPS) is 15.5. The number of aromatic amines is 1. The van der Waals surface area contributed by atoms with Gasteiger partial charge in [-0.3, -0.25) is 4.79 Å². The first-order valence-corrected chi connectivity index (χ1v) is 13.9. The summed E-state index contributed by atoms with van der Waals surface area (Å²) in [7, 11) is -3.60. The van der Waals surface area contributed by atoms with Crippen molar-refractivity contribution in [3.63, 3.8) is 0 Å². The van der Waals surface area contributed by atoms with Crippen LogP contribution in [0.3, 0.4) is 0 Å². The molecule has 11 heteroatoms. The summed E-state index contributed by atoms with van der Waals surface area (Å²) in [6.45, 7) is 2.91. The van der Waals surface area contributed by atoms with E-state index in [9.17, 15) is 13.2 Å². The number of imidazole rings is 1. The van der Waals surface area contributed by atoms with Crippen molar-refractivity contribution in [1.82, 2.24) is 24.6 Å². The molecule has 2 aromatic carbocycles. The van der Waals surface area contributed by atoms with Gasteiger partial charge in [0.1, 0.15) is 11.5 Å². The highest BCUT2D eigenvalue weighted by Crippen LogP contribution is 2.33. The Balaban J connectivity index is 1.18. The number of thiazole rings is 1. The molecule has 4 aromatic rings. The molecule has 1 fully saturated rings. The minimum absolute atomic E-state index is 0.116. The lowest BCUT2D eigenvalue weighted by molar-refractivity contribution is 0.0945. The van der Waals surface area contributed by atoms with Crippen molar-refractivity contribution in [2.24, 2.45) is 0 Å². The number of H-pyrrole nitrogens is 1. The van der Waals surface area contributed by atoms with Crippen molar-refractivity contribution >= 4 is 49.9 Å². The highest BCUT2D eigenvalue weighted by atomic mass is 35.5. The highest BCUT2D eigenvalue weighted by molar-refractivity contribution is 7.89. The molecule has 1 saturated heterocycles. The van der Waals surface area contributed by atoms with Gasteiger partial charge < -0.3 is 10.3 Å². The summed E-state index contributed by atoms with van der Waals surface area (Å²) in [6, 6.07) is 12.5. The highest BCUT2D eigenvalue weighted by Gasteiger charge is 2.31. The lowest BCUT2D eigenvalue weighted by Crippen LogP contribution is -2.37. The van der Waals surface area contributed by atoms with Crippen molar-refractivity contribution in [3.05, 3.63) is 75.0 Å². The van der Waals surface area contributed by atoms with Gasteiger partial charge in [0.25, 0.3) is 5.91 Å². The molecule has 0 aliphatic carbocycles. The smallest absolute Gasteiger partial charge is 0.271 e. The van der Waals surface area contributed by atoms with E-state index in [1.807, 2.05) is 31.2 Å². The Morgan fingerprint density at radius 1 is 1.20 bits per heavy atom. The molecule has 182 valence electrons. The summed E-state index contributed by atoms with van der Waals surface area (Å²) in [5, 5.41) is 5.91. The standard InChI is InChI=1S/C24H24ClN5O3S2/c1-15-6-7-17(12-18(15)25)35(32,33)30-10-8-16(9-11-30)24-29-21(14-34-24)23(31)26-13-22-27-19-4-2-3-5-20(19)28-22/h2-7,12,14,16H,8-11,13H2,1H3,(H,26,31)(H,27,28). The van der Waals surface area contributed by atoms with E-state index >= 15 is 0 Å². The summed E-state index contributed by atoms with van der Waals surface area (Å²) in [5.41, 5.74) is 2.98. The van der Waals surface area contributed by atoms with E-state index in [0.29, 0.717) is 42.5 Å². The van der Waals surface area contributed by atoms with Crippen LogP contribution in [-0.4, -0.2) is 46.7 Å². The third-order valence-electron chi connectivity index (χ3n) is 6.19. The molecule has 1 aliphatic rings. The zero-order valence-corrected chi connectivity index (χ0v) is 21.4. The molecule has 0 spiro atoms. The molecular weight excluding hydrogens is 506 g/mol. The topological polar surface area (TPSA) is 108 Å². The fourth-order valence-corrected chi connectivity index (χ4v) is 6.86. The van der Waals surface area contributed by atoms with E-state index in [0.717, 1.165) is 21.6 Å². The summed E-state index contributed by atoms with van der Waals surface area (Å²) in [5.74, 6) is 0.535. The first-order chi connectivity index (χ1) is 16.8. The molecule has 2 aromatic heterocycles. The number of carbonyl (C=O) groups excluding carboxylic acids is 1. The molecule has 0 radical (unpaired) electrons. The lowest BCUT2D eigenvalue weighted by atomic mass is 9.99. The number of piperidine rings is 1. The predicted molar refractivity (Wildman–Crippen MR) is 136 cm³/mol. The fraction of sp³-hybridized carbons (Fsp3) is 0.292. The summed E-state index contributed by atoms with van der Waals surface area (Å²) in [6.07, 6.45) is 1.29. The zero-order valence-electron chi connectivity index (χ0n) is 19.0. The van der Waals surface area contributed by atoms with Crippen LogP contribution < -0.4 is 5.32 Å². The third-order valence-corrected chi connectivity index (χ3v) is 9.50. The number of hydrogen-bond donors (Lipinski definition) is 2. The van der Waals surface area contributed by atoms with E-state index in [4.69, 9.17) is 11.6 Å². The first-order valence-electron chi connectivity index (χ1n) is 11.2. The SMILES string of the molecule is Cc1ccc(S(=O)(=O)N2CCC(c3nc(C(=O)NCc4nc5ccccc5[nH]4)cs3)CC2)cc1Cl. The van der Waals surface area contributed by atoms with Crippen LogP contribution in [0, 0.1) is 6.92 Å². The second kappa shape index (κ2) is 9.69. The number of carbonyl (C=O) groups is 1. The molecule has 1 amide bonds. The monoisotopic (exact) mass is 529 g/mol. The Kier molecular flexibility index (Phi) is 6.63. The largest absolute Gasteiger partial charge is 0.343 e. The van der Waals surface area contributed by atoms with Gasteiger partial charge in [-0.15, -0.1) is 11.3 Å². The van der Waals surface area contributed by atoms with Crippen LogP contribution in [-0.2, 0) is 16.6 Å². The van der Waals surface area contributed by atoms with Crippen LogP contribution in [0.5, 0.6) is 0 Å². The van der Waals surface area contributed by atoms with Gasteiger partial charge in [0.15, 0.2) is 0 Å². The minimum atomic E-state index is -3.60. The van der Waals surface area contributed by atoms with Crippen LogP contribution in [0.4, 0.5) is 0 Å². The van der Waals surface area contributed by atoms with Gasteiger partial charge in [0, 0.05) is 29.4 Å². The Labute approximate surface area is 212 Å². The van der Waals surface area contributed by atoms with Crippen molar-refractivity contribution in [2.75, 3.05) is 13.1 Å². The second-order valence-corrected chi connectivity index (χ2v) is 11.8. The zero-order chi connectivity index (χ0) is 24.6. The van der Waals surface area contributed by atoms with Gasteiger partial charge in [-0.1, -0.05) is 29.8 Å². The number of nitrogens with one attached hydrogen (secondary N) is 2. The number of aryl methyl sites for hydroxylation is 1. The minimum Gasteiger partial charge on any atom is -0.343 e. The Bertz CT molecular complexity index is 1460. The van der Waals surface area contributed by atoms with Crippen LogP contribution in [0.15, 0.2) is 52.7 Å². The number of fused-ring (bicyclic) bond motifs is 1. The average Bonchev–Trinajstić information content (AvgIpc) is 3.51. The molecule has 0 unspecified atom stereocenters. The molecule has 0 bridgehead atoms. The Morgan fingerprint density at radius 3 is 2.71 bits per heavy atom. The van der Waals surface area contributed by atoms with Crippen LogP contribution in [0.2, 0.25) is 5.02 Å². The van der Waals surface area contributed by atoms with Gasteiger partial charge in [-0.25, -0.2) is 18.4 Å². The van der Waals surface area contributed by atoms with E-state index in [1.165, 1.54) is 21.7 Å². The van der Waals surface area contributed by atoms with E-state index in [1.54, 1.807) is 17.5 Å². The molecule has 0 atom stereocenters. The van der Waals surface area contributed by atoms with Crippen LogP contribution in [0.1, 0.15) is 45.6 Å². The molecular formula is C24H24ClN5O3S2. The van der Waals surface area contributed by atoms with Gasteiger partial charge in [0.05, 0.1) is 27.5 Å². The Hall–Kier alpha value is -2.79. The maximum atomic E-state index is 13.0. The van der Waals surface area contributed by atoms with E-state index in [2.05, 4.69) is 20.3 Å². The number of halogens is 1. The number of sulfonamides is 1. The maximum Gasteiger partial charge on any atom is 0.271 e. The number of benzene rings is 2. The number of aromatic nitrogens is 3. The first kappa shape index (κ1) is 23.9. The molecule has 5 rings (SSSR count). The van der Waals surface area contributed by atoms with Gasteiger partial charge in [-0.05, 0) is 49.6 Å². The Morgan fingerprint density at radius 2 is 1.97 bits per heavy atom. The number of rotatable bonds is 6. The average molecular weight is 530 g/mol. The summed E-state index contributed by atoms with van der Waals surface area (Å²) >= 11 is 7.58. The van der Waals surface area contributed by atoms with Crippen molar-refractivity contribution in [2.45, 2.75) is 37.1 Å². The third kappa shape index (κ3) is 4.97. The number of amides is 1. The molecule has 1 aliphatic heterocycles. The molecule has 2 N–H and O–H groups in total. The number of para-hydroxylation sites is 2. The van der Waals surface area contributed by atoms with E-state index in [-0.39, 0.29) is 23.3 Å². The molecule has 8 nitrogen and oxygen atoms in total. The molecule has 35 heavy (non-hydrogen) atoms. The van der Waals surface area contributed by atoms with Crippen molar-refractivity contribution < 1.29 is 13.2 Å². The van der Waals surface area contributed by atoms with Gasteiger partial charge in [-0.2, -0.15) is 4.31 Å². The van der Waals surface area contributed by atoms with E-state index < -0.39 is 10.0 Å². The van der Waals surface area contributed by atoms with Crippen LogP contribution in [0.25, 0.3) is 11.0 Å². The van der Waals surface area contributed by atoms with Crippen LogP contribution >= 0.6 is 22.9 Å². The number of hydrogen-bond acceptors (Lipinski definition) is 6. The maximum absolute atomic E-state index is 13.0. The van der Waals surface area contributed by atoms with Gasteiger partial charge in [0.2, 0.25) is 10.0 Å². The molecule has 0 saturated carbocycles. The summed E-state index contributed by atoms with van der Waals surface area (Å²) < 4.78 is 27.6. The van der Waals surface area contributed by atoms with Crippen molar-refractivity contribution in [1.29, 1.82) is 0 Å². The van der Waals surface area contributed by atoms with Crippen molar-refractivity contribution in [3.8, 4) is 0 Å². The predicted octanol–water partition coefficient (Wildman–Crippen LogP) is 4.48. The second-order valence-electron chi connectivity index (χ2n) is 8.54. The van der Waals surface area contributed by atoms with Gasteiger partial charge >= 0.3 is 0 Å². The quantitative estimate of drug-likeness (QED) is 0.383. The molecule has 3 heterocycles.